The summed E-state index contributed by atoms with van der Waals surface area (Å²) in [6.45, 7) is 8.23. The molecule has 1 unspecified atom stereocenters. The highest BCUT2D eigenvalue weighted by molar-refractivity contribution is 9.10. The van der Waals surface area contributed by atoms with Gasteiger partial charge in [0.15, 0.2) is 0 Å². The summed E-state index contributed by atoms with van der Waals surface area (Å²) >= 11 is 3.45. The van der Waals surface area contributed by atoms with Crippen LogP contribution in [0.15, 0.2) is 89.5 Å². The van der Waals surface area contributed by atoms with E-state index in [2.05, 4.69) is 33.1 Å². The predicted octanol–water partition coefficient (Wildman–Crippen LogP) is 6.01. The molecule has 1 atom stereocenters. The number of alkyl carbamates (subject to hydrolysis) is 2. The molecule has 2 aromatic rings. The third-order valence-corrected chi connectivity index (χ3v) is 5.31. The van der Waals surface area contributed by atoms with Crippen LogP contribution in [-0.2, 0) is 22.5 Å². The van der Waals surface area contributed by atoms with Gasteiger partial charge in [0.2, 0.25) is 0 Å². The van der Waals surface area contributed by atoms with Crippen LogP contribution < -0.4 is 10.6 Å². The van der Waals surface area contributed by atoms with Gasteiger partial charge >= 0.3 is 12.2 Å². The van der Waals surface area contributed by atoms with Crippen molar-refractivity contribution in [3.8, 4) is 0 Å². The molecule has 34 heavy (non-hydrogen) atoms. The van der Waals surface area contributed by atoms with Crippen molar-refractivity contribution in [2.24, 2.45) is 0 Å². The topological polar surface area (TPSA) is 76.7 Å². The van der Waals surface area contributed by atoms with Crippen LogP contribution in [0, 0.1) is 6.92 Å². The number of amides is 2. The van der Waals surface area contributed by atoms with Crippen molar-refractivity contribution < 1.29 is 19.1 Å². The number of hydrogen-bond donors (Lipinski definition) is 2. The van der Waals surface area contributed by atoms with Gasteiger partial charge in [-0.05, 0) is 48.2 Å². The van der Waals surface area contributed by atoms with E-state index in [1.807, 2.05) is 74.5 Å². The maximum atomic E-state index is 12.2. The molecule has 0 aliphatic heterocycles. The lowest BCUT2D eigenvalue weighted by molar-refractivity contribution is 0.140. The van der Waals surface area contributed by atoms with Crippen LogP contribution in [0.1, 0.15) is 23.6 Å². The Morgan fingerprint density at radius 3 is 2.59 bits per heavy atom. The summed E-state index contributed by atoms with van der Waals surface area (Å²) in [7, 11) is 0. The van der Waals surface area contributed by atoms with Gasteiger partial charge in [-0.3, -0.25) is 0 Å². The predicted molar refractivity (Wildman–Crippen MR) is 139 cm³/mol. The number of carbonyl (C=O) groups is 2. The fraction of sp³-hybridized carbons (Fsp3) is 0.259. The Kier molecular flexibility index (Phi) is 11.7. The van der Waals surface area contributed by atoms with E-state index in [-0.39, 0.29) is 25.8 Å². The van der Waals surface area contributed by atoms with Gasteiger partial charge in [0.25, 0.3) is 0 Å². The zero-order valence-electron chi connectivity index (χ0n) is 19.6. The summed E-state index contributed by atoms with van der Waals surface area (Å²) in [5, 5.41) is 5.50. The van der Waals surface area contributed by atoms with Gasteiger partial charge in [-0.2, -0.15) is 0 Å². The largest absolute Gasteiger partial charge is 0.449 e. The number of ether oxygens (including phenoxy) is 2. The third kappa shape index (κ3) is 10.5. The SMILES string of the molecule is C=C/C=C\C(=C/C(C)NC(=O)OCCc1ccc(Br)cc1C)CNC(=O)OCc1ccccc1. The van der Waals surface area contributed by atoms with Crippen LogP contribution in [0.4, 0.5) is 9.59 Å². The molecule has 2 amide bonds. The lowest BCUT2D eigenvalue weighted by Crippen LogP contribution is -2.33. The second-order valence-corrected chi connectivity index (χ2v) is 8.56. The molecule has 7 heteroatoms. The highest BCUT2D eigenvalue weighted by atomic mass is 79.9. The first-order chi connectivity index (χ1) is 16.4. The average Bonchev–Trinajstić information content (AvgIpc) is 2.81. The smallest absolute Gasteiger partial charge is 0.407 e. The quantitative estimate of drug-likeness (QED) is 0.351. The van der Waals surface area contributed by atoms with Crippen LogP contribution in [-0.4, -0.2) is 31.4 Å². The highest BCUT2D eigenvalue weighted by Gasteiger charge is 2.09. The first-order valence-electron chi connectivity index (χ1n) is 11.0. The summed E-state index contributed by atoms with van der Waals surface area (Å²) in [6, 6.07) is 15.2. The van der Waals surface area contributed by atoms with Crippen molar-refractivity contribution in [1.29, 1.82) is 0 Å². The minimum absolute atomic E-state index is 0.192. The van der Waals surface area contributed by atoms with Crippen molar-refractivity contribution in [1.82, 2.24) is 10.6 Å². The summed E-state index contributed by atoms with van der Waals surface area (Å²) in [5.74, 6) is 0. The van der Waals surface area contributed by atoms with Gasteiger partial charge in [-0.25, -0.2) is 9.59 Å². The van der Waals surface area contributed by atoms with E-state index >= 15 is 0 Å². The van der Waals surface area contributed by atoms with E-state index in [1.165, 1.54) is 0 Å². The third-order valence-electron chi connectivity index (χ3n) is 4.81. The van der Waals surface area contributed by atoms with Crippen molar-refractivity contribution in [2.75, 3.05) is 13.2 Å². The van der Waals surface area contributed by atoms with E-state index < -0.39 is 12.2 Å². The zero-order valence-corrected chi connectivity index (χ0v) is 21.1. The number of allylic oxidation sites excluding steroid dienone is 2. The molecule has 6 nitrogen and oxygen atoms in total. The molecule has 0 radical (unpaired) electrons. The number of benzene rings is 2. The molecule has 0 bridgehead atoms. The normalized spacial score (nSPS) is 12.1. The maximum absolute atomic E-state index is 12.2. The first-order valence-corrected chi connectivity index (χ1v) is 11.8. The maximum Gasteiger partial charge on any atom is 0.407 e. The number of halogens is 1. The average molecular weight is 527 g/mol. The zero-order chi connectivity index (χ0) is 24.8. The van der Waals surface area contributed by atoms with E-state index in [4.69, 9.17) is 9.47 Å². The fourth-order valence-electron chi connectivity index (χ4n) is 3.10. The standard InChI is InChI=1S/C27H31BrN2O4/c1-4-5-9-23(18-29-26(31)34-19-22-10-7-6-8-11-22)17-21(3)30-27(32)33-15-14-24-12-13-25(28)16-20(24)2/h4-13,16-17,21H,1,14-15,18-19H2,2-3H3,(H,29,31)(H,30,32)/b9-5-,23-17+. The molecule has 0 saturated heterocycles. The molecular weight excluding hydrogens is 496 g/mol. The van der Waals surface area contributed by atoms with Gasteiger partial charge in [0, 0.05) is 23.5 Å². The Labute approximate surface area is 209 Å². The Hall–Kier alpha value is -3.32. The van der Waals surface area contributed by atoms with Crippen LogP contribution >= 0.6 is 15.9 Å². The van der Waals surface area contributed by atoms with Crippen LogP contribution in [0.25, 0.3) is 0 Å². The van der Waals surface area contributed by atoms with E-state index in [0.29, 0.717) is 6.42 Å². The Balaban J connectivity index is 1.80. The summed E-state index contributed by atoms with van der Waals surface area (Å²) in [4.78, 5) is 24.2. The van der Waals surface area contributed by atoms with Crippen LogP contribution in [0.2, 0.25) is 0 Å². The molecule has 2 N–H and O–H groups in total. The molecule has 0 heterocycles. The van der Waals surface area contributed by atoms with Crippen LogP contribution in [0.5, 0.6) is 0 Å². The minimum atomic E-state index is -0.523. The summed E-state index contributed by atoms with van der Waals surface area (Å²) < 4.78 is 11.6. The number of nitrogens with one attached hydrogen (secondary N) is 2. The number of aryl methyl sites for hydroxylation is 1. The molecule has 2 rings (SSSR count). The van der Waals surface area contributed by atoms with Gasteiger partial charge in [-0.1, -0.05) is 83.2 Å². The molecule has 0 fully saturated rings. The summed E-state index contributed by atoms with van der Waals surface area (Å²) in [5.41, 5.74) is 3.97. The van der Waals surface area contributed by atoms with Crippen molar-refractivity contribution in [3.05, 3.63) is 106 Å². The van der Waals surface area contributed by atoms with Crippen molar-refractivity contribution in [3.63, 3.8) is 0 Å². The molecule has 180 valence electrons. The Morgan fingerprint density at radius 2 is 1.88 bits per heavy atom. The van der Waals surface area contributed by atoms with Crippen LogP contribution in [0.3, 0.4) is 0 Å². The van der Waals surface area contributed by atoms with E-state index in [9.17, 15) is 9.59 Å². The lowest BCUT2D eigenvalue weighted by Gasteiger charge is -2.13. The fourth-order valence-corrected chi connectivity index (χ4v) is 3.57. The van der Waals surface area contributed by atoms with E-state index in [1.54, 1.807) is 12.2 Å². The second kappa shape index (κ2) is 14.8. The number of rotatable bonds is 11. The second-order valence-electron chi connectivity index (χ2n) is 7.64. The summed E-state index contributed by atoms with van der Waals surface area (Å²) in [6.07, 6.45) is 6.65. The molecule has 0 spiro atoms. The lowest BCUT2D eigenvalue weighted by atomic mass is 10.1. The number of carbonyl (C=O) groups excluding carboxylic acids is 2. The highest BCUT2D eigenvalue weighted by Crippen LogP contribution is 2.16. The van der Waals surface area contributed by atoms with Gasteiger partial charge in [0.05, 0.1) is 6.61 Å². The van der Waals surface area contributed by atoms with Gasteiger partial charge < -0.3 is 20.1 Å². The van der Waals surface area contributed by atoms with Gasteiger partial charge in [0.1, 0.15) is 6.61 Å². The number of hydrogen-bond acceptors (Lipinski definition) is 4. The molecule has 0 saturated carbocycles. The Bertz CT molecular complexity index is 1020. The molecular formula is C27H31BrN2O4. The molecule has 0 aromatic heterocycles. The van der Waals surface area contributed by atoms with E-state index in [0.717, 1.165) is 26.7 Å². The monoisotopic (exact) mass is 526 g/mol. The Morgan fingerprint density at radius 1 is 1.12 bits per heavy atom. The minimum Gasteiger partial charge on any atom is -0.449 e. The first kappa shape index (κ1) is 26.9. The molecule has 2 aromatic carbocycles. The van der Waals surface area contributed by atoms with Crippen molar-refractivity contribution >= 4 is 28.1 Å². The molecule has 0 aliphatic carbocycles. The molecule has 0 aliphatic rings. The van der Waals surface area contributed by atoms with Crippen molar-refractivity contribution in [2.45, 2.75) is 32.9 Å². The van der Waals surface area contributed by atoms with Gasteiger partial charge in [-0.15, -0.1) is 0 Å².